The van der Waals surface area contributed by atoms with Gasteiger partial charge in [0.2, 0.25) is 0 Å². The van der Waals surface area contributed by atoms with Crippen LogP contribution in [0.25, 0.3) is 5.69 Å². The predicted octanol–water partition coefficient (Wildman–Crippen LogP) is 3.85. The molecule has 3 rings (SSSR count). The van der Waals surface area contributed by atoms with Gasteiger partial charge in [0, 0.05) is 37.0 Å². The summed E-state index contributed by atoms with van der Waals surface area (Å²) in [6.45, 7) is 10.8. The van der Waals surface area contributed by atoms with Crippen LogP contribution in [0.5, 0.6) is 0 Å². The summed E-state index contributed by atoms with van der Waals surface area (Å²) < 4.78 is 6.93. The molecule has 0 fully saturated rings. The van der Waals surface area contributed by atoms with E-state index in [0.29, 0.717) is 49.2 Å². The SMILES string of the molecule is Cc1ccc(-n2cc3c(c(C(=O)NCCCOC(C)C)c2=O)CC(C)(C)CC3=O)cc1. The lowest BCUT2D eigenvalue weighted by Gasteiger charge is -2.31. The Kier molecular flexibility index (Phi) is 6.80. The molecular weight excluding hydrogens is 392 g/mol. The van der Waals surface area contributed by atoms with Crippen molar-refractivity contribution in [2.45, 2.75) is 60.0 Å². The van der Waals surface area contributed by atoms with E-state index in [1.807, 2.05) is 58.9 Å². The Morgan fingerprint density at radius 3 is 2.48 bits per heavy atom. The molecule has 0 radical (unpaired) electrons. The van der Waals surface area contributed by atoms with Gasteiger partial charge in [0.1, 0.15) is 5.56 Å². The van der Waals surface area contributed by atoms with Crippen molar-refractivity contribution in [3.05, 3.63) is 63.1 Å². The lowest BCUT2D eigenvalue weighted by molar-refractivity contribution is 0.0757. The minimum atomic E-state index is -0.433. The van der Waals surface area contributed by atoms with Gasteiger partial charge in [-0.2, -0.15) is 0 Å². The molecule has 0 bridgehead atoms. The molecule has 1 aliphatic rings. The molecule has 0 spiro atoms. The van der Waals surface area contributed by atoms with E-state index < -0.39 is 11.5 Å². The van der Waals surface area contributed by atoms with Gasteiger partial charge in [0.25, 0.3) is 11.5 Å². The number of rotatable bonds is 7. The first-order valence-corrected chi connectivity index (χ1v) is 10.9. The van der Waals surface area contributed by atoms with Gasteiger partial charge in [-0.05, 0) is 56.7 Å². The fourth-order valence-corrected chi connectivity index (χ4v) is 3.96. The van der Waals surface area contributed by atoms with Crippen LogP contribution in [0.3, 0.4) is 0 Å². The zero-order valence-electron chi connectivity index (χ0n) is 19.1. The van der Waals surface area contributed by atoms with Gasteiger partial charge < -0.3 is 10.1 Å². The van der Waals surface area contributed by atoms with Crippen LogP contribution in [0.15, 0.2) is 35.3 Å². The molecule has 0 atom stereocenters. The molecule has 0 unspecified atom stereocenters. The van der Waals surface area contributed by atoms with E-state index in [0.717, 1.165) is 5.56 Å². The maximum atomic E-state index is 13.4. The molecule has 1 amide bonds. The van der Waals surface area contributed by atoms with Crippen molar-refractivity contribution < 1.29 is 14.3 Å². The Balaban J connectivity index is 2.01. The summed E-state index contributed by atoms with van der Waals surface area (Å²) in [6, 6.07) is 7.46. The van der Waals surface area contributed by atoms with Crippen molar-refractivity contribution in [1.82, 2.24) is 9.88 Å². The van der Waals surface area contributed by atoms with E-state index in [-0.39, 0.29) is 22.9 Å². The Hall–Kier alpha value is -2.73. The van der Waals surface area contributed by atoms with Crippen LogP contribution in [0.2, 0.25) is 0 Å². The summed E-state index contributed by atoms with van der Waals surface area (Å²) in [7, 11) is 0. The average molecular weight is 425 g/mol. The third kappa shape index (κ3) is 5.31. The highest BCUT2D eigenvalue weighted by atomic mass is 16.5. The number of pyridine rings is 1. The van der Waals surface area contributed by atoms with Gasteiger partial charge in [-0.25, -0.2) is 0 Å². The third-order valence-electron chi connectivity index (χ3n) is 5.51. The number of carbonyl (C=O) groups is 2. The van der Waals surface area contributed by atoms with E-state index in [1.54, 1.807) is 6.20 Å². The molecule has 0 aliphatic heterocycles. The van der Waals surface area contributed by atoms with E-state index in [4.69, 9.17) is 4.74 Å². The maximum absolute atomic E-state index is 13.4. The summed E-state index contributed by atoms with van der Waals surface area (Å²) in [5, 5.41) is 2.85. The number of aromatic nitrogens is 1. The number of nitrogens with one attached hydrogen (secondary N) is 1. The number of ketones is 1. The lowest BCUT2D eigenvalue weighted by Crippen LogP contribution is -2.39. The number of Topliss-reactive ketones (excluding diaryl/α,β-unsaturated/α-hetero) is 1. The number of benzene rings is 1. The Morgan fingerprint density at radius 1 is 1.16 bits per heavy atom. The van der Waals surface area contributed by atoms with E-state index in [1.165, 1.54) is 4.57 Å². The van der Waals surface area contributed by atoms with Crippen molar-refractivity contribution in [2.75, 3.05) is 13.2 Å². The highest BCUT2D eigenvalue weighted by Gasteiger charge is 2.35. The van der Waals surface area contributed by atoms with Gasteiger partial charge >= 0.3 is 0 Å². The molecule has 1 heterocycles. The van der Waals surface area contributed by atoms with Crippen molar-refractivity contribution >= 4 is 11.7 Å². The van der Waals surface area contributed by atoms with Crippen LogP contribution in [-0.2, 0) is 11.2 Å². The van der Waals surface area contributed by atoms with Crippen LogP contribution in [0.1, 0.15) is 72.4 Å². The molecule has 166 valence electrons. The van der Waals surface area contributed by atoms with Gasteiger partial charge in [-0.3, -0.25) is 19.0 Å². The molecular formula is C25H32N2O4. The standard InChI is InChI=1S/C25H32N2O4/c1-16(2)31-12-6-11-26-23(29)22-19-13-25(4,5)14-21(28)20(19)15-27(24(22)30)18-9-7-17(3)8-10-18/h7-10,15-16H,6,11-14H2,1-5H3,(H,26,29). The molecule has 1 aromatic heterocycles. The Labute approximate surface area is 183 Å². The summed E-state index contributed by atoms with van der Waals surface area (Å²) in [6.07, 6.45) is 3.28. The summed E-state index contributed by atoms with van der Waals surface area (Å²) in [5.74, 6) is -0.468. The van der Waals surface area contributed by atoms with Crippen molar-refractivity contribution in [2.24, 2.45) is 5.41 Å². The lowest BCUT2D eigenvalue weighted by atomic mass is 9.73. The van der Waals surface area contributed by atoms with Gasteiger partial charge in [-0.15, -0.1) is 0 Å². The molecule has 6 heteroatoms. The maximum Gasteiger partial charge on any atom is 0.268 e. The summed E-state index contributed by atoms with van der Waals surface area (Å²) >= 11 is 0. The number of fused-ring (bicyclic) bond motifs is 1. The fraction of sp³-hybridized carbons (Fsp3) is 0.480. The number of carbonyl (C=O) groups excluding carboxylic acids is 2. The first kappa shape index (κ1) is 22.9. The zero-order chi connectivity index (χ0) is 22.8. The summed E-state index contributed by atoms with van der Waals surface area (Å²) in [4.78, 5) is 39.5. The molecule has 31 heavy (non-hydrogen) atoms. The Morgan fingerprint density at radius 2 is 1.84 bits per heavy atom. The number of hydrogen-bond donors (Lipinski definition) is 1. The topological polar surface area (TPSA) is 77.4 Å². The van der Waals surface area contributed by atoms with Gasteiger partial charge in [-0.1, -0.05) is 31.5 Å². The van der Waals surface area contributed by atoms with Crippen molar-refractivity contribution in [1.29, 1.82) is 0 Å². The number of ether oxygens (including phenoxy) is 1. The quantitative estimate of drug-likeness (QED) is 0.685. The van der Waals surface area contributed by atoms with Crippen LogP contribution in [-0.4, -0.2) is 35.5 Å². The molecule has 1 aromatic carbocycles. The van der Waals surface area contributed by atoms with Crippen molar-refractivity contribution in [3.63, 3.8) is 0 Å². The van der Waals surface area contributed by atoms with Crippen LogP contribution in [0, 0.1) is 12.3 Å². The minimum absolute atomic E-state index is 0.0357. The Bertz CT molecular complexity index is 1030. The number of nitrogens with zero attached hydrogens (tertiary/aromatic N) is 1. The molecule has 0 saturated carbocycles. The molecule has 6 nitrogen and oxygen atoms in total. The zero-order valence-corrected chi connectivity index (χ0v) is 19.1. The highest BCUT2D eigenvalue weighted by molar-refractivity contribution is 6.04. The largest absolute Gasteiger partial charge is 0.379 e. The number of aryl methyl sites for hydroxylation is 1. The van der Waals surface area contributed by atoms with Crippen LogP contribution >= 0.6 is 0 Å². The highest BCUT2D eigenvalue weighted by Crippen LogP contribution is 2.35. The van der Waals surface area contributed by atoms with E-state index >= 15 is 0 Å². The molecule has 2 aromatic rings. The molecule has 1 aliphatic carbocycles. The molecule has 1 N–H and O–H groups in total. The second-order valence-corrected chi connectivity index (χ2v) is 9.38. The first-order chi connectivity index (χ1) is 14.6. The van der Waals surface area contributed by atoms with Gasteiger partial charge in [0.15, 0.2) is 5.78 Å². The predicted molar refractivity (Wildman–Crippen MR) is 121 cm³/mol. The average Bonchev–Trinajstić information content (AvgIpc) is 2.67. The second-order valence-electron chi connectivity index (χ2n) is 9.38. The summed E-state index contributed by atoms with van der Waals surface area (Å²) in [5.41, 5.74) is 2.10. The molecule has 0 saturated heterocycles. The second kappa shape index (κ2) is 9.18. The van der Waals surface area contributed by atoms with E-state index in [9.17, 15) is 14.4 Å². The van der Waals surface area contributed by atoms with Gasteiger partial charge in [0.05, 0.1) is 6.10 Å². The number of hydrogen-bond acceptors (Lipinski definition) is 4. The smallest absolute Gasteiger partial charge is 0.268 e. The minimum Gasteiger partial charge on any atom is -0.379 e. The first-order valence-electron chi connectivity index (χ1n) is 10.9. The third-order valence-corrected chi connectivity index (χ3v) is 5.51. The van der Waals surface area contributed by atoms with Crippen LogP contribution in [0.4, 0.5) is 0 Å². The fourth-order valence-electron chi connectivity index (χ4n) is 3.96. The van der Waals surface area contributed by atoms with Crippen molar-refractivity contribution in [3.8, 4) is 5.69 Å². The van der Waals surface area contributed by atoms with E-state index in [2.05, 4.69) is 5.32 Å². The normalized spacial score (nSPS) is 15.1. The van der Waals surface area contributed by atoms with Crippen LogP contribution < -0.4 is 10.9 Å². The number of amides is 1. The monoisotopic (exact) mass is 424 g/mol.